The number of rotatable bonds is 10. The van der Waals surface area contributed by atoms with Gasteiger partial charge >= 0.3 is 12.1 Å². The number of amides is 2. The van der Waals surface area contributed by atoms with Gasteiger partial charge in [0.15, 0.2) is 11.6 Å². The standard InChI is InChI=1S/C32H46N6O8/c1-7-11-23(39)37-27(35-19-34)20-12-13-22(36-20)32(18-33)26-25(44-30(5,6)45-26)21(43-32)17-42-24(40)16-31(14-9-8-10-15-31)38-28(41)46-29(2,3)4/h12-13,19,21,25-26,36H,7-11,14-17H2,1-6H3,(H,38,41)(H2,34,35,37,39)/t21-,25-,26-,32+/m1/s1. The number of hydrogen-bond donors (Lipinski definition) is 4. The van der Waals surface area contributed by atoms with Crippen molar-refractivity contribution < 1.29 is 38.1 Å². The van der Waals surface area contributed by atoms with Crippen LogP contribution in [-0.4, -0.2) is 77.0 Å². The van der Waals surface area contributed by atoms with Gasteiger partial charge in [-0.3, -0.25) is 15.0 Å². The molecular weight excluding hydrogens is 596 g/mol. The molecule has 0 bridgehead atoms. The Morgan fingerprint density at radius 2 is 1.89 bits per heavy atom. The molecule has 14 nitrogen and oxygen atoms in total. The Kier molecular flexibility index (Phi) is 10.6. The monoisotopic (exact) mass is 642 g/mol. The van der Waals surface area contributed by atoms with E-state index in [0.29, 0.717) is 30.7 Å². The molecule has 0 unspecified atom stereocenters. The van der Waals surface area contributed by atoms with Crippen LogP contribution in [-0.2, 0) is 38.9 Å². The summed E-state index contributed by atoms with van der Waals surface area (Å²) in [6, 6.07) is 5.49. The van der Waals surface area contributed by atoms with Crippen molar-refractivity contribution in [3.05, 3.63) is 23.5 Å². The molecular formula is C32H46N6O8. The fraction of sp³-hybridized carbons (Fsp3) is 0.688. The van der Waals surface area contributed by atoms with Gasteiger partial charge in [0, 0.05) is 6.42 Å². The third-order valence-corrected chi connectivity index (χ3v) is 8.14. The van der Waals surface area contributed by atoms with E-state index in [9.17, 15) is 19.6 Å². The number of aromatic amines is 1. The maximum absolute atomic E-state index is 13.3. The number of carbonyl (C=O) groups is 3. The maximum Gasteiger partial charge on any atom is 0.408 e. The molecule has 2 aliphatic heterocycles. The number of nitriles is 1. The van der Waals surface area contributed by atoms with Crippen LogP contribution in [0.25, 0.3) is 0 Å². The Hall–Kier alpha value is -3.80. The molecule has 1 saturated carbocycles. The minimum absolute atomic E-state index is 0.0435. The molecule has 4 atom stereocenters. The van der Waals surface area contributed by atoms with E-state index in [4.69, 9.17) is 29.1 Å². The van der Waals surface area contributed by atoms with Crippen LogP contribution in [0.15, 0.2) is 17.1 Å². The van der Waals surface area contributed by atoms with Crippen molar-refractivity contribution in [2.75, 3.05) is 6.61 Å². The van der Waals surface area contributed by atoms with Gasteiger partial charge in [-0.2, -0.15) is 5.26 Å². The first kappa shape index (κ1) is 35.1. The van der Waals surface area contributed by atoms with Crippen LogP contribution in [0.5, 0.6) is 0 Å². The Bertz CT molecular complexity index is 1370. The number of aliphatic imine (C=N–C) groups is 1. The second-order valence-electron chi connectivity index (χ2n) is 13.5. The summed E-state index contributed by atoms with van der Waals surface area (Å²) in [7, 11) is 0. The molecule has 252 valence electrons. The number of alkyl carbamates (subject to hydrolysis) is 1. The van der Waals surface area contributed by atoms with Crippen LogP contribution in [0.2, 0.25) is 0 Å². The number of esters is 1. The first-order chi connectivity index (χ1) is 21.6. The Labute approximate surface area is 269 Å². The smallest absolute Gasteiger partial charge is 0.408 e. The zero-order chi connectivity index (χ0) is 33.8. The van der Waals surface area contributed by atoms with E-state index in [0.717, 1.165) is 25.6 Å². The second-order valence-corrected chi connectivity index (χ2v) is 13.5. The number of nitrogens with zero attached hydrogens (tertiary/aromatic N) is 2. The number of hydrogen-bond acceptors (Lipinski definition) is 10. The number of amidine groups is 1. The summed E-state index contributed by atoms with van der Waals surface area (Å²) in [5, 5.41) is 23.6. The molecule has 1 aromatic heterocycles. The molecule has 3 heterocycles. The SMILES string of the molecule is CCCC(=O)N/C(=N/C=N)c1ccc([C@]2(C#N)O[C@H](COC(=O)CC3(NC(=O)OC(C)(C)C)CCCCC3)[C@H]3OC(C)(C)O[C@H]32)[nH]1. The van der Waals surface area contributed by atoms with Crippen molar-refractivity contribution in [2.45, 2.75) is 134 Å². The summed E-state index contributed by atoms with van der Waals surface area (Å²) in [5.74, 6) is -1.72. The normalized spacial score (nSPS) is 26.8. The number of carbonyl (C=O) groups excluding carboxylic acids is 3. The van der Waals surface area contributed by atoms with Crippen LogP contribution in [0.1, 0.15) is 104 Å². The molecule has 2 amide bonds. The highest BCUT2D eigenvalue weighted by Gasteiger charge is 2.65. The molecule has 1 aliphatic carbocycles. The number of aromatic nitrogens is 1. The first-order valence-electron chi connectivity index (χ1n) is 15.8. The van der Waals surface area contributed by atoms with E-state index in [1.54, 1.807) is 46.8 Å². The van der Waals surface area contributed by atoms with E-state index < -0.39 is 52.9 Å². The van der Waals surface area contributed by atoms with Gasteiger partial charge < -0.3 is 39.3 Å². The fourth-order valence-electron chi connectivity index (χ4n) is 6.25. The summed E-state index contributed by atoms with van der Waals surface area (Å²) in [4.78, 5) is 45.3. The third-order valence-electron chi connectivity index (χ3n) is 8.14. The molecule has 46 heavy (non-hydrogen) atoms. The average Bonchev–Trinajstić information content (AvgIpc) is 3.64. The van der Waals surface area contributed by atoms with E-state index >= 15 is 0 Å². The van der Waals surface area contributed by atoms with Crippen molar-refractivity contribution in [1.82, 2.24) is 15.6 Å². The summed E-state index contributed by atoms with van der Waals surface area (Å²) in [5.41, 5.74) is -2.47. The average molecular weight is 643 g/mol. The van der Waals surface area contributed by atoms with Crippen LogP contribution >= 0.6 is 0 Å². The van der Waals surface area contributed by atoms with Gasteiger partial charge in [0.25, 0.3) is 0 Å². The van der Waals surface area contributed by atoms with E-state index in [1.807, 2.05) is 6.92 Å². The minimum atomic E-state index is -1.68. The zero-order valence-electron chi connectivity index (χ0n) is 27.5. The summed E-state index contributed by atoms with van der Waals surface area (Å²) < 4.78 is 29.8. The second kappa shape index (κ2) is 13.9. The van der Waals surface area contributed by atoms with Gasteiger partial charge in [0.2, 0.25) is 11.5 Å². The lowest BCUT2D eigenvalue weighted by Gasteiger charge is -2.37. The van der Waals surface area contributed by atoms with Gasteiger partial charge in [-0.25, -0.2) is 9.79 Å². The fourth-order valence-corrected chi connectivity index (χ4v) is 6.25. The maximum atomic E-state index is 13.3. The third kappa shape index (κ3) is 8.12. The van der Waals surface area contributed by atoms with Gasteiger partial charge in [0.1, 0.15) is 42.9 Å². The molecule has 2 saturated heterocycles. The van der Waals surface area contributed by atoms with Gasteiger partial charge in [0.05, 0.1) is 23.3 Å². The van der Waals surface area contributed by atoms with E-state index in [2.05, 4.69) is 26.7 Å². The van der Waals surface area contributed by atoms with Crippen LogP contribution < -0.4 is 10.6 Å². The predicted molar refractivity (Wildman–Crippen MR) is 166 cm³/mol. The lowest BCUT2D eigenvalue weighted by Crippen LogP contribution is -2.52. The summed E-state index contributed by atoms with van der Waals surface area (Å²) >= 11 is 0. The number of ether oxygens (including phenoxy) is 5. The molecule has 4 rings (SSSR count). The first-order valence-corrected chi connectivity index (χ1v) is 15.8. The summed E-state index contributed by atoms with van der Waals surface area (Å²) in [6.07, 6.45) is 2.56. The van der Waals surface area contributed by atoms with Crippen molar-refractivity contribution >= 4 is 30.1 Å². The Morgan fingerprint density at radius 3 is 2.52 bits per heavy atom. The van der Waals surface area contributed by atoms with E-state index in [1.165, 1.54) is 0 Å². The Balaban J connectivity index is 1.51. The lowest BCUT2D eigenvalue weighted by atomic mass is 9.79. The molecule has 14 heteroatoms. The lowest BCUT2D eigenvalue weighted by molar-refractivity contribution is -0.206. The van der Waals surface area contributed by atoms with Gasteiger partial charge in [-0.1, -0.05) is 26.2 Å². The van der Waals surface area contributed by atoms with Crippen LogP contribution in [0, 0.1) is 16.7 Å². The van der Waals surface area contributed by atoms with Crippen molar-refractivity contribution in [2.24, 2.45) is 4.99 Å². The molecule has 1 aromatic rings. The molecule has 3 aliphatic rings. The highest BCUT2D eigenvalue weighted by molar-refractivity contribution is 6.09. The molecule has 0 aromatic carbocycles. The van der Waals surface area contributed by atoms with Gasteiger partial charge in [-0.15, -0.1) is 0 Å². The van der Waals surface area contributed by atoms with Crippen LogP contribution in [0.4, 0.5) is 4.79 Å². The van der Waals surface area contributed by atoms with Gasteiger partial charge in [-0.05, 0) is 66.0 Å². The predicted octanol–water partition coefficient (Wildman–Crippen LogP) is 4.08. The van der Waals surface area contributed by atoms with Crippen molar-refractivity contribution in [3.8, 4) is 6.07 Å². The molecule has 0 radical (unpaired) electrons. The molecule has 0 spiro atoms. The van der Waals surface area contributed by atoms with Crippen LogP contribution in [0.3, 0.4) is 0 Å². The Morgan fingerprint density at radius 1 is 1.17 bits per heavy atom. The highest BCUT2D eigenvalue weighted by Crippen LogP contribution is 2.49. The largest absolute Gasteiger partial charge is 0.463 e. The minimum Gasteiger partial charge on any atom is -0.463 e. The summed E-state index contributed by atoms with van der Waals surface area (Å²) in [6.45, 7) is 10.5. The van der Waals surface area contributed by atoms with Crippen molar-refractivity contribution in [1.29, 1.82) is 10.7 Å². The molecule has 3 fully saturated rings. The number of nitrogens with one attached hydrogen (secondary N) is 4. The highest BCUT2D eigenvalue weighted by atomic mass is 16.8. The number of fused-ring (bicyclic) bond motifs is 1. The van der Waals surface area contributed by atoms with E-state index in [-0.39, 0.29) is 31.2 Å². The van der Waals surface area contributed by atoms with Crippen molar-refractivity contribution in [3.63, 3.8) is 0 Å². The topological polar surface area (TPSA) is 197 Å². The zero-order valence-corrected chi connectivity index (χ0v) is 27.5. The quantitative estimate of drug-likeness (QED) is 0.165. The number of H-pyrrole nitrogens is 1. The molecule has 4 N–H and O–H groups in total.